The quantitative estimate of drug-likeness (QED) is 0.282. The number of nitrogens with zero attached hydrogens (tertiary/aromatic N) is 4. The fourth-order valence-electron chi connectivity index (χ4n) is 4.00. The molecule has 38 heavy (non-hydrogen) atoms. The molecule has 2 aromatic carbocycles. The van der Waals surface area contributed by atoms with Crippen molar-refractivity contribution in [1.82, 2.24) is 15.1 Å². The molecule has 3 rings (SSSR count). The monoisotopic (exact) mass is 520 g/mol. The van der Waals surface area contributed by atoms with Gasteiger partial charge in [0.2, 0.25) is 11.8 Å². The molecule has 1 aromatic heterocycles. The zero-order valence-electron chi connectivity index (χ0n) is 22.9. The van der Waals surface area contributed by atoms with E-state index in [4.69, 9.17) is 13.9 Å². The van der Waals surface area contributed by atoms with Crippen molar-refractivity contribution in [2.75, 3.05) is 13.2 Å². The van der Waals surface area contributed by atoms with Crippen LogP contribution in [0.5, 0.6) is 11.5 Å². The van der Waals surface area contributed by atoms with Crippen LogP contribution < -0.4 is 9.47 Å². The van der Waals surface area contributed by atoms with E-state index in [2.05, 4.69) is 16.3 Å². The van der Waals surface area contributed by atoms with Gasteiger partial charge < -0.3 is 23.9 Å². The smallest absolute Gasteiger partial charge is 0.407 e. The van der Waals surface area contributed by atoms with Crippen LogP contribution >= 0.6 is 0 Å². The van der Waals surface area contributed by atoms with E-state index < -0.39 is 11.6 Å². The van der Waals surface area contributed by atoms with Crippen LogP contribution in [-0.2, 0) is 6.42 Å². The van der Waals surface area contributed by atoms with Crippen molar-refractivity contribution in [3.63, 3.8) is 0 Å². The fraction of sp³-hybridized carbons (Fsp3) is 0.448. The summed E-state index contributed by atoms with van der Waals surface area (Å²) >= 11 is 0. The third-order valence-electron chi connectivity index (χ3n) is 5.91. The normalized spacial score (nSPS) is 11.3. The van der Waals surface area contributed by atoms with Crippen LogP contribution in [0, 0.1) is 11.3 Å². The number of nitriles is 1. The molecule has 0 atom stereocenters. The number of hydrogen-bond donors (Lipinski definition) is 1. The summed E-state index contributed by atoms with van der Waals surface area (Å²) in [5.41, 5.74) is 2.43. The number of hydrogen-bond acceptors (Lipinski definition) is 7. The summed E-state index contributed by atoms with van der Waals surface area (Å²) in [7, 11) is 0. The van der Waals surface area contributed by atoms with Crippen molar-refractivity contribution in [3.05, 3.63) is 47.5 Å². The van der Waals surface area contributed by atoms with Crippen LogP contribution in [0.2, 0.25) is 0 Å². The largest absolute Gasteiger partial charge is 0.494 e. The number of aryl methyl sites for hydroxylation is 1. The molecular formula is C29H36N4O5. The average molecular weight is 521 g/mol. The lowest BCUT2D eigenvalue weighted by molar-refractivity contribution is 0.0980. The maximum atomic E-state index is 11.5. The summed E-state index contributed by atoms with van der Waals surface area (Å²) in [6.45, 7) is 12.5. The highest BCUT2D eigenvalue weighted by atomic mass is 16.5. The number of benzene rings is 2. The van der Waals surface area contributed by atoms with Gasteiger partial charge in [-0.25, -0.2) is 4.79 Å². The van der Waals surface area contributed by atoms with Gasteiger partial charge in [0.05, 0.1) is 18.3 Å². The minimum absolute atomic E-state index is 0.0434. The maximum Gasteiger partial charge on any atom is 0.407 e. The Kier molecular flexibility index (Phi) is 9.35. The summed E-state index contributed by atoms with van der Waals surface area (Å²) in [6, 6.07) is 13.1. The van der Waals surface area contributed by atoms with E-state index >= 15 is 0 Å². The molecule has 0 unspecified atom stereocenters. The molecule has 0 radical (unpaired) electrons. The van der Waals surface area contributed by atoms with Gasteiger partial charge in [-0.1, -0.05) is 6.92 Å². The van der Waals surface area contributed by atoms with Crippen molar-refractivity contribution in [2.45, 2.75) is 72.4 Å². The summed E-state index contributed by atoms with van der Waals surface area (Å²) in [6.07, 6.45) is 1.24. The molecule has 0 saturated heterocycles. The molecule has 1 heterocycles. The van der Waals surface area contributed by atoms with Crippen LogP contribution in [0.15, 0.2) is 40.8 Å². The molecule has 9 nitrogen and oxygen atoms in total. The number of aromatic nitrogens is 2. The first-order valence-electron chi connectivity index (χ1n) is 12.8. The van der Waals surface area contributed by atoms with Crippen molar-refractivity contribution >= 4 is 6.09 Å². The zero-order valence-corrected chi connectivity index (χ0v) is 22.9. The summed E-state index contributed by atoms with van der Waals surface area (Å²) < 4.78 is 17.6. The highest BCUT2D eigenvalue weighted by Gasteiger charge is 2.25. The highest BCUT2D eigenvalue weighted by Crippen LogP contribution is 2.31. The maximum absolute atomic E-state index is 11.5. The molecule has 9 heteroatoms. The van der Waals surface area contributed by atoms with Crippen LogP contribution in [0.25, 0.3) is 22.9 Å². The molecule has 0 aliphatic rings. The van der Waals surface area contributed by atoms with E-state index in [0.29, 0.717) is 48.2 Å². The summed E-state index contributed by atoms with van der Waals surface area (Å²) in [5.74, 6) is 1.96. The number of carboxylic acid groups (broad SMARTS) is 1. The molecule has 202 valence electrons. The lowest BCUT2D eigenvalue weighted by Crippen LogP contribution is -2.45. The predicted octanol–water partition coefficient (Wildman–Crippen LogP) is 6.56. The lowest BCUT2D eigenvalue weighted by Gasteiger charge is -2.33. The molecule has 0 spiro atoms. The predicted molar refractivity (Wildman–Crippen MR) is 144 cm³/mol. The van der Waals surface area contributed by atoms with Gasteiger partial charge in [0.15, 0.2) is 0 Å². The van der Waals surface area contributed by atoms with E-state index in [0.717, 1.165) is 29.7 Å². The number of rotatable bonds is 11. The fourth-order valence-corrected chi connectivity index (χ4v) is 4.00. The molecule has 3 aromatic rings. The van der Waals surface area contributed by atoms with E-state index in [1.54, 1.807) is 18.2 Å². The third-order valence-corrected chi connectivity index (χ3v) is 5.91. The van der Waals surface area contributed by atoms with Gasteiger partial charge in [0.1, 0.15) is 17.6 Å². The Hall–Kier alpha value is -4.06. The molecule has 0 bridgehead atoms. The molecule has 0 saturated carbocycles. The molecule has 0 aliphatic carbocycles. The topological polar surface area (TPSA) is 122 Å². The Morgan fingerprint density at radius 3 is 2.50 bits per heavy atom. The first-order chi connectivity index (χ1) is 18.0. The summed E-state index contributed by atoms with van der Waals surface area (Å²) in [5, 5.41) is 27.4. The standard InChI is InChI=1S/C29H36N4O5/c1-7-20-17-23(36-15-9-8-14-33(28(34)35)29(4,5)6)11-12-24(20)27-32-31-26(38-27)21-10-13-25(37-19(2)3)22(16-21)18-30/h10-13,16-17,19H,7-9,14-15H2,1-6H3,(H,34,35). The van der Waals surface area contributed by atoms with Crippen molar-refractivity contribution in [2.24, 2.45) is 0 Å². The third kappa shape index (κ3) is 7.25. The second-order valence-corrected chi connectivity index (χ2v) is 10.2. The minimum atomic E-state index is -0.909. The van der Waals surface area contributed by atoms with E-state index in [1.807, 2.05) is 59.7 Å². The minimum Gasteiger partial charge on any atom is -0.494 e. The SMILES string of the molecule is CCc1cc(OCCCCN(C(=O)O)C(C)(C)C)ccc1-c1nnc(-c2ccc(OC(C)C)c(C#N)c2)o1. The van der Waals surface area contributed by atoms with Gasteiger partial charge >= 0.3 is 6.09 Å². The highest BCUT2D eigenvalue weighted by molar-refractivity contribution is 5.66. The van der Waals surface area contributed by atoms with Crippen molar-refractivity contribution < 1.29 is 23.8 Å². The van der Waals surface area contributed by atoms with Crippen LogP contribution in [0.3, 0.4) is 0 Å². The Morgan fingerprint density at radius 2 is 1.87 bits per heavy atom. The second kappa shape index (κ2) is 12.5. The van der Waals surface area contributed by atoms with Gasteiger partial charge in [-0.15, -0.1) is 10.2 Å². The average Bonchev–Trinajstić information content (AvgIpc) is 3.35. The first-order valence-corrected chi connectivity index (χ1v) is 12.8. The van der Waals surface area contributed by atoms with Crippen LogP contribution in [-0.4, -0.2) is 51.1 Å². The van der Waals surface area contributed by atoms with Gasteiger partial charge in [0, 0.05) is 23.2 Å². The Labute approximate surface area is 224 Å². The van der Waals surface area contributed by atoms with Gasteiger partial charge in [0.25, 0.3) is 0 Å². The zero-order chi connectivity index (χ0) is 27.9. The van der Waals surface area contributed by atoms with Gasteiger partial charge in [-0.05, 0) is 95.8 Å². The number of unbranched alkanes of at least 4 members (excludes halogenated alkanes) is 1. The molecule has 0 fully saturated rings. The molecular weight excluding hydrogens is 484 g/mol. The Balaban J connectivity index is 1.66. The second-order valence-electron chi connectivity index (χ2n) is 10.2. The van der Waals surface area contributed by atoms with E-state index in [1.165, 1.54) is 4.90 Å². The van der Waals surface area contributed by atoms with Crippen LogP contribution in [0.1, 0.15) is 65.5 Å². The number of ether oxygens (including phenoxy) is 2. The molecule has 1 amide bonds. The van der Waals surface area contributed by atoms with Crippen molar-refractivity contribution in [3.8, 4) is 40.5 Å². The lowest BCUT2D eigenvalue weighted by atomic mass is 10.0. The van der Waals surface area contributed by atoms with Gasteiger partial charge in [-0.3, -0.25) is 0 Å². The Morgan fingerprint density at radius 1 is 1.13 bits per heavy atom. The van der Waals surface area contributed by atoms with Gasteiger partial charge in [-0.2, -0.15) is 5.26 Å². The van der Waals surface area contributed by atoms with E-state index in [-0.39, 0.29) is 6.10 Å². The molecule has 0 aliphatic heterocycles. The molecule has 1 N–H and O–H groups in total. The number of carbonyl (C=O) groups is 1. The van der Waals surface area contributed by atoms with Crippen molar-refractivity contribution in [1.29, 1.82) is 5.26 Å². The summed E-state index contributed by atoms with van der Waals surface area (Å²) in [4.78, 5) is 12.9. The first kappa shape index (κ1) is 28.5. The van der Waals surface area contributed by atoms with E-state index in [9.17, 15) is 15.2 Å². The Bertz CT molecular complexity index is 1290. The van der Waals surface area contributed by atoms with Crippen LogP contribution in [0.4, 0.5) is 4.79 Å². The number of amides is 1.